The first-order valence-electron chi connectivity index (χ1n) is 6.04. The maximum Gasteiger partial charge on any atom is 0.250 e. The third-order valence-electron chi connectivity index (χ3n) is 3.15. The molecule has 0 bridgehead atoms. The number of rotatable bonds is 2. The fourth-order valence-corrected chi connectivity index (χ4v) is 2.16. The van der Waals surface area contributed by atoms with Gasteiger partial charge in [-0.15, -0.1) is 0 Å². The first kappa shape index (κ1) is 13.5. The molecule has 0 aromatic heterocycles. The van der Waals surface area contributed by atoms with E-state index in [1.165, 1.54) is 11.0 Å². The van der Waals surface area contributed by atoms with Crippen molar-refractivity contribution in [3.8, 4) is 0 Å². The fraction of sp³-hybridized carbons (Fsp3) is 0.385. The summed E-state index contributed by atoms with van der Waals surface area (Å²) in [5.74, 6) is -2.66. The number of carbonyl (C=O) groups excluding carboxylic acids is 2. The summed E-state index contributed by atoms with van der Waals surface area (Å²) in [5, 5.41) is 2.56. The van der Waals surface area contributed by atoms with Gasteiger partial charge in [-0.1, -0.05) is 6.92 Å². The third-order valence-corrected chi connectivity index (χ3v) is 3.15. The number of hydrogen-bond acceptors (Lipinski definition) is 2. The molecule has 4 nitrogen and oxygen atoms in total. The smallest absolute Gasteiger partial charge is 0.250 e. The second-order valence-corrected chi connectivity index (χ2v) is 4.46. The minimum atomic E-state index is -1.04. The van der Waals surface area contributed by atoms with Gasteiger partial charge in [0.25, 0.3) is 0 Å². The lowest BCUT2D eigenvalue weighted by molar-refractivity contribution is -0.133. The Morgan fingerprint density at radius 1 is 1.26 bits per heavy atom. The van der Waals surface area contributed by atoms with E-state index in [9.17, 15) is 18.4 Å². The van der Waals surface area contributed by atoms with Gasteiger partial charge >= 0.3 is 0 Å². The van der Waals surface area contributed by atoms with Gasteiger partial charge in [-0.3, -0.25) is 14.5 Å². The number of carbonyl (C=O) groups is 2. The van der Waals surface area contributed by atoms with E-state index in [0.717, 1.165) is 12.1 Å². The second-order valence-electron chi connectivity index (χ2n) is 4.46. The van der Waals surface area contributed by atoms with Crippen molar-refractivity contribution in [2.75, 3.05) is 4.90 Å². The van der Waals surface area contributed by atoms with Gasteiger partial charge in [0.1, 0.15) is 12.1 Å². The number of anilines is 1. The maximum absolute atomic E-state index is 13.3. The molecule has 2 amide bonds. The minimum Gasteiger partial charge on any atom is -0.343 e. The molecule has 0 aliphatic carbocycles. The van der Waals surface area contributed by atoms with E-state index in [2.05, 4.69) is 5.32 Å². The van der Waals surface area contributed by atoms with E-state index in [1.807, 2.05) is 0 Å². The van der Waals surface area contributed by atoms with E-state index in [1.54, 1.807) is 13.8 Å². The molecule has 0 radical (unpaired) electrons. The SMILES string of the molecule is CCC1C(=O)NC(C)C(=O)N1c1ccc(F)c(F)c1. The number of hydrogen-bond donors (Lipinski definition) is 1. The molecule has 1 aromatic rings. The van der Waals surface area contributed by atoms with Crippen LogP contribution in [-0.4, -0.2) is 23.9 Å². The van der Waals surface area contributed by atoms with Gasteiger partial charge in [-0.05, 0) is 25.5 Å². The summed E-state index contributed by atoms with van der Waals surface area (Å²) in [6, 6.07) is 1.80. The quantitative estimate of drug-likeness (QED) is 0.885. The number of amides is 2. The summed E-state index contributed by atoms with van der Waals surface area (Å²) in [6.45, 7) is 3.30. The van der Waals surface area contributed by atoms with Gasteiger partial charge in [0.05, 0.1) is 0 Å². The van der Waals surface area contributed by atoms with E-state index in [0.29, 0.717) is 6.42 Å². The maximum atomic E-state index is 13.3. The van der Waals surface area contributed by atoms with Crippen LogP contribution < -0.4 is 10.2 Å². The molecule has 19 heavy (non-hydrogen) atoms. The van der Waals surface area contributed by atoms with E-state index >= 15 is 0 Å². The Labute approximate surface area is 109 Å². The van der Waals surface area contributed by atoms with Crippen LogP contribution in [0.4, 0.5) is 14.5 Å². The molecule has 1 fully saturated rings. The first-order chi connectivity index (χ1) is 8.95. The molecular formula is C13H14F2N2O2. The van der Waals surface area contributed by atoms with Crippen molar-refractivity contribution < 1.29 is 18.4 Å². The van der Waals surface area contributed by atoms with E-state index in [-0.39, 0.29) is 17.5 Å². The molecule has 1 N–H and O–H groups in total. The molecule has 0 spiro atoms. The van der Waals surface area contributed by atoms with Gasteiger partial charge in [-0.25, -0.2) is 8.78 Å². The zero-order valence-electron chi connectivity index (χ0n) is 10.6. The van der Waals surface area contributed by atoms with Gasteiger partial charge < -0.3 is 5.32 Å². The average molecular weight is 268 g/mol. The normalized spacial score (nSPS) is 23.5. The summed E-state index contributed by atoms with van der Waals surface area (Å²) in [6.07, 6.45) is 0.392. The summed E-state index contributed by atoms with van der Waals surface area (Å²) in [7, 11) is 0. The highest BCUT2D eigenvalue weighted by Gasteiger charge is 2.38. The van der Waals surface area contributed by atoms with Crippen molar-refractivity contribution in [3.05, 3.63) is 29.8 Å². The van der Waals surface area contributed by atoms with Crippen molar-refractivity contribution in [3.63, 3.8) is 0 Å². The van der Waals surface area contributed by atoms with Crippen LogP contribution in [0, 0.1) is 11.6 Å². The Morgan fingerprint density at radius 3 is 2.53 bits per heavy atom. The lowest BCUT2D eigenvalue weighted by atomic mass is 10.0. The van der Waals surface area contributed by atoms with Crippen molar-refractivity contribution in [1.82, 2.24) is 5.32 Å². The molecule has 1 saturated heterocycles. The fourth-order valence-electron chi connectivity index (χ4n) is 2.16. The molecule has 2 unspecified atom stereocenters. The van der Waals surface area contributed by atoms with Crippen LogP contribution in [0.15, 0.2) is 18.2 Å². The highest BCUT2D eigenvalue weighted by Crippen LogP contribution is 2.24. The number of piperazine rings is 1. The first-order valence-corrected chi connectivity index (χ1v) is 6.04. The van der Waals surface area contributed by atoms with Crippen LogP contribution in [0.5, 0.6) is 0 Å². The topological polar surface area (TPSA) is 49.4 Å². The van der Waals surface area contributed by atoms with Crippen LogP contribution in [-0.2, 0) is 9.59 Å². The Balaban J connectivity index is 2.45. The van der Waals surface area contributed by atoms with E-state index in [4.69, 9.17) is 0 Å². The lowest BCUT2D eigenvalue weighted by Gasteiger charge is -2.37. The molecule has 2 atom stereocenters. The van der Waals surface area contributed by atoms with Gasteiger partial charge in [-0.2, -0.15) is 0 Å². The predicted octanol–water partition coefficient (Wildman–Crippen LogP) is 1.59. The highest BCUT2D eigenvalue weighted by molar-refractivity contribution is 6.08. The second kappa shape index (κ2) is 4.95. The minimum absolute atomic E-state index is 0.192. The summed E-state index contributed by atoms with van der Waals surface area (Å²) in [5.41, 5.74) is 0.192. The van der Waals surface area contributed by atoms with Crippen LogP contribution >= 0.6 is 0 Å². The van der Waals surface area contributed by atoms with Crippen molar-refractivity contribution >= 4 is 17.5 Å². The number of halogens is 2. The van der Waals surface area contributed by atoms with Crippen LogP contribution in [0.1, 0.15) is 20.3 Å². The Kier molecular flexibility index (Phi) is 3.50. The molecular weight excluding hydrogens is 254 g/mol. The van der Waals surface area contributed by atoms with Crippen molar-refractivity contribution in [1.29, 1.82) is 0 Å². The molecule has 1 heterocycles. The number of nitrogens with zero attached hydrogens (tertiary/aromatic N) is 1. The molecule has 102 valence electrons. The van der Waals surface area contributed by atoms with Crippen molar-refractivity contribution in [2.24, 2.45) is 0 Å². The monoisotopic (exact) mass is 268 g/mol. The summed E-state index contributed by atoms with van der Waals surface area (Å²) < 4.78 is 26.2. The Hall–Kier alpha value is -1.98. The largest absolute Gasteiger partial charge is 0.343 e. The Bertz CT molecular complexity index is 533. The summed E-state index contributed by atoms with van der Waals surface area (Å²) >= 11 is 0. The molecule has 0 saturated carbocycles. The lowest BCUT2D eigenvalue weighted by Crippen LogP contribution is -2.62. The van der Waals surface area contributed by atoms with Crippen LogP contribution in [0.3, 0.4) is 0 Å². The van der Waals surface area contributed by atoms with E-state index < -0.39 is 23.7 Å². The number of nitrogens with one attached hydrogen (secondary N) is 1. The predicted molar refractivity (Wildman–Crippen MR) is 65.5 cm³/mol. The molecule has 1 aliphatic rings. The van der Waals surface area contributed by atoms with Crippen LogP contribution in [0.25, 0.3) is 0 Å². The Morgan fingerprint density at radius 2 is 1.95 bits per heavy atom. The van der Waals surface area contributed by atoms with Crippen LogP contribution in [0.2, 0.25) is 0 Å². The zero-order valence-corrected chi connectivity index (χ0v) is 10.6. The molecule has 1 aromatic carbocycles. The summed E-state index contributed by atoms with van der Waals surface area (Å²) in [4.78, 5) is 25.2. The standard InChI is InChI=1S/C13H14F2N2O2/c1-3-11-12(18)16-7(2)13(19)17(11)8-4-5-9(14)10(15)6-8/h4-7,11H,3H2,1-2H3,(H,16,18). The molecule has 2 rings (SSSR count). The average Bonchev–Trinajstić information content (AvgIpc) is 2.37. The van der Waals surface area contributed by atoms with Crippen molar-refractivity contribution in [2.45, 2.75) is 32.4 Å². The van der Waals surface area contributed by atoms with Gasteiger partial charge in [0, 0.05) is 11.8 Å². The van der Waals surface area contributed by atoms with Gasteiger partial charge in [0.15, 0.2) is 11.6 Å². The third kappa shape index (κ3) is 2.30. The number of benzene rings is 1. The molecule has 1 aliphatic heterocycles. The highest BCUT2D eigenvalue weighted by atomic mass is 19.2. The van der Waals surface area contributed by atoms with Gasteiger partial charge in [0.2, 0.25) is 11.8 Å². The zero-order chi connectivity index (χ0) is 14.2. The molecule has 6 heteroatoms.